The van der Waals surface area contributed by atoms with Gasteiger partial charge in [-0.25, -0.2) is 8.78 Å². The van der Waals surface area contributed by atoms with Gasteiger partial charge in [-0.3, -0.25) is 0 Å². The summed E-state index contributed by atoms with van der Waals surface area (Å²) >= 11 is 3.43. The van der Waals surface area contributed by atoms with Crippen molar-refractivity contribution in [2.45, 2.75) is 6.54 Å². The van der Waals surface area contributed by atoms with E-state index in [9.17, 15) is 8.78 Å². The molecule has 0 saturated heterocycles. The largest absolute Gasteiger partial charge is 0.486 e. The second kappa shape index (κ2) is 5.89. The van der Waals surface area contributed by atoms with Crippen molar-refractivity contribution < 1.29 is 18.3 Å². The van der Waals surface area contributed by atoms with Crippen molar-refractivity contribution in [2.75, 3.05) is 18.5 Å². The highest BCUT2D eigenvalue weighted by Gasteiger charge is 2.16. The Morgan fingerprint density at radius 3 is 2.48 bits per heavy atom. The Hall–Kier alpha value is -1.82. The fraction of sp³-hybridized carbons (Fsp3) is 0.200. The summed E-state index contributed by atoms with van der Waals surface area (Å²) in [4.78, 5) is 0. The Kier molecular flexibility index (Phi) is 3.96. The predicted molar refractivity (Wildman–Crippen MR) is 78.8 cm³/mol. The Morgan fingerprint density at radius 2 is 1.71 bits per heavy atom. The summed E-state index contributed by atoms with van der Waals surface area (Å²) in [6.45, 7) is 1.44. The SMILES string of the molecule is Fc1cc(F)cc(NCc2cc(Br)c3c(c2)OCCO3)c1. The maximum Gasteiger partial charge on any atom is 0.175 e. The van der Waals surface area contributed by atoms with E-state index in [2.05, 4.69) is 21.2 Å². The van der Waals surface area contributed by atoms with Crippen LogP contribution in [0.1, 0.15) is 5.56 Å². The molecule has 110 valence electrons. The van der Waals surface area contributed by atoms with Crippen LogP contribution in [0.25, 0.3) is 0 Å². The van der Waals surface area contributed by atoms with Gasteiger partial charge in [0.1, 0.15) is 24.8 Å². The molecule has 0 unspecified atom stereocenters. The summed E-state index contributed by atoms with van der Waals surface area (Å²) in [5.41, 5.74) is 1.30. The monoisotopic (exact) mass is 355 g/mol. The lowest BCUT2D eigenvalue weighted by Gasteiger charge is -2.20. The highest BCUT2D eigenvalue weighted by Crippen LogP contribution is 2.38. The van der Waals surface area contributed by atoms with E-state index in [4.69, 9.17) is 9.47 Å². The fourth-order valence-corrected chi connectivity index (χ4v) is 2.73. The first-order valence-electron chi connectivity index (χ1n) is 6.40. The van der Waals surface area contributed by atoms with Crippen molar-refractivity contribution in [1.82, 2.24) is 0 Å². The van der Waals surface area contributed by atoms with Gasteiger partial charge in [-0.2, -0.15) is 0 Å². The third-order valence-electron chi connectivity index (χ3n) is 3.02. The smallest absolute Gasteiger partial charge is 0.175 e. The number of hydrogen-bond acceptors (Lipinski definition) is 3. The number of anilines is 1. The minimum atomic E-state index is -0.610. The highest BCUT2D eigenvalue weighted by atomic mass is 79.9. The molecular weight excluding hydrogens is 344 g/mol. The average molecular weight is 356 g/mol. The second-order valence-corrected chi connectivity index (χ2v) is 5.47. The van der Waals surface area contributed by atoms with Crippen LogP contribution < -0.4 is 14.8 Å². The molecule has 3 rings (SSSR count). The van der Waals surface area contributed by atoms with Crippen molar-refractivity contribution in [3.05, 3.63) is 52.0 Å². The van der Waals surface area contributed by atoms with Crippen LogP contribution >= 0.6 is 15.9 Å². The zero-order valence-electron chi connectivity index (χ0n) is 11.0. The van der Waals surface area contributed by atoms with Gasteiger partial charge in [-0.15, -0.1) is 0 Å². The molecule has 0 atom stereocenters. The first kappa shape index (κ1) is 14.1. The third-order valence-corrected chi connectivity index (χ3v) is 3.60. The molecule has 0 saturated carbocycles. The molecule has 2 aromatic rings. The quantitative estimate of drug-likeness (QED) is 0.898. The van der Waals surface area contributed by atoms with Crippen LogP contribution in [0, 0.1) is 11.6 Å². The van der Waals surface area contributed by atoms with Crippen molar-refractivity contribution in [3.8, 4) is 11.5 Å². The number of rotatable bonds is 3. The molecule has 0 fully saturated rings. The van der Waals surface area contributed by atoms with Crippen molar-refractivity contribution in [3.63, 3.8) is 0 Å². The van der Waals surface area contributed by atoms with E-state index < -0.39 is 11.6 Å². The summed E-state index contributed by atoms with van der Waals surface area (Å²) in [6.07, 6.45) is 0. The number of nitrogens with one attached hydrogen (secondary N) is 1. The molecule has 2 aromatic carbocycles. The fourth-order valence-electron chi connectivity index (χ4n) is 2.13. The topological polar surface area (TPSA) is 30.5 Å². The van der Waals surface area contributed by atoms with Crippen LogP contribution in [0.4, 0.5) is 14.5 Å². The van der Waals surface area contributed by atoms with E-state index in [1.54, 1.807) is 0 Å². The van der Waals surface area contributed by atoms with E-state index in [0.717, 1.165) is 16.1 Å². The molecule has 0 radical (unpaired) electrons. The van der Waals surface area contributed by atoms with Gasteiger partial charge in [0.05, 0.1) is 4.47 Å². The second-order valence-electron chi connectivity index (χ2n) is 4.61. The lowest BCUT2D eigenvalue weighted by atomic mass is 10.2. The predicted octanol–water partition coefficient (Wildman–Crippen LogP) is 4.11. The summed E-state index contributed by atoms with van der Waals surface area (Å²) in [5.74, 6) is 0.126. The van der Waals surface area contributed by atoms with Crippen molar-refractivity contribution >= 4 is 21.6 Å². The van der Waals surface area contributed by atoms with Crippen LogP contribution in [0.5, 0.6) is 11.5 Å². The molecule has 0 amide bonds. The molecule has 1 heterocycles. The van der Waals surface area contributed by atoms with Gasteiger partial charge < -0.3 is 14.8 Å². The zero-order chi connectivity index (χ0) is 14.8. The Labute approximate surface area is 129 Å². The van der Waals surface area contributed by atoms with E-state index in [1.165, 1.54) is 12.1 Å². The minimum absolute atomic E-state index is 0.388. The van der Waals surface area contributed by atoms with Gasteiger partial charge in [0, 0.05) is 18.3 Å². The van der Waals surface area contributed by atoms with Crippen LogP contribution in [-0.4, -0.2) is 13.2 Å². The number of halogens is 3. The number of ether oxygens (including phenoxy) is 2. The van der Waals surface area contributed by atoms with Gasteiger partial charge in [0.25, 0.3) is 0 Å². The first-order valence-corrected chi connectivity index (χ1v) is 7.19. The van der Waals surface area contributed by atoms with Gasteiger partial charge in [0.15, 0.2) is 11.5 Å². The Bertz CT molecular complexity index is 659. The summed E-state index contributed by atoms with van der Waals surface area (Å²) in [7, 11) is 0. The standard InChI is InChI=1S/C15H12BrF2NO2/c16-13-3-9(4-14-15(13)21-2-1-20-14)8-19-12-6-10(17)5-11(18)7-12/h3-7,19H,1-2,8H2. The molecule has 0 aliphatic carbocycles. The molecule has 0 aromatic heterocycles. The van der Waals surface area contributed by atoms with Gasteiger partial charge in [-0.1, -0.05) is 0 Å². The highest BCUT2D eigenvalue weighted by molar-refractivity contribution is 9.10. The first-order chi connectivity index (χ1) is 10.1. The molecule has 1 N–H and O–H groups in total. The molecular formula is C15H12BrF2NO2. The number of hydrogen-bond donors (Lipinski definition) is 1. The summed E-state index contributed by atoms with van der Waals surface area (Å²) < 4.78 is 38.1. The van der Waals surface area contributed by atoms with E-state index in [0.29, 0.717) is 36.9 Å². The summed E-state index contributed by atoms with van der Waals surface area (Å²) in [5, 5.41) is 2.98. The van der Waals surface area contributed by atoms with Crippen LogP contribution in [0.15, 0.2) is 34.8 Å². The Balaban J connectivity index is 1.77. The molecule has 0 spiro atoms. The number of benzene rings is 2. The van der Waals surface area contributed by atoms with Crippen LogP contribution in [-0.2, 0) is 6.54 Å². The molecule has 1 aliphatic rings. The van der Waals surface area contributed by atoms with E-state index >= 15 is 0 Å². The summed E-state index contributed by atoms with van der Waals surface area (Å²) in [6, 6.07) is 7.07. The van der Waals surface area contributed by atoms with Crippen molar-refractivity contribution in [1.29, 1.82) is 0 Å². The van der Waals surface area contributed by atoms with Gasteiger partial charge in [0.2, 0.25) is 0 Å². The normalized spacial score (nSPS) is 13.1. The molecule has 6 heteroatoms. The minimum Gasteiger partial charge on any atom is -0.486 e. The lowest BCUT2D eigenvalue weighted by molar-refractivity contribution is 0.170. The maximum atomic E-state index is 13.1. The zero-order valence-corrected chi connectivity index (χ0v) is 12.5. The molecule has 3 nitrogen and oxygen atoms in total. The average Bonchev–Trinajstić information content (AvgIpc) is 2.44. The van der Waals surface area contributed by atoms with Crippen LogP contribution in [0.2, 0.25) is 0 Å². The van der Waals surface area contributed by atoms with Gasteiger partial charge in [-0.05, 0) is 45.8 Å². The third kappa shape index (κ3) is 3.26. The van der Waals surface area contributed by atoms with Gasteiger partial charge >= 0.3 is 0 Å². The Morgan fingerprint density at radius 1 is 1.00 bits per heavy atom. The maximum absolute atomic E-state index is 13.1. The lowest BCUT2D eigenvalue weighted by Crippen LogP contribution is -2.16. The van der Waals surface area contributed by atoms with Crippen LogP contribution in [0.3, 0.4) is 0 Å². The molecule has 21 heavy (non-hydrogen) atoms. The molecule has 0 bridgehead atoms. The number of fused-ring (bicyclic) bond motifs is 1. The van der Waals surface area contributed by atoms with Crippen molar-refractivity contribution in [2.24, 2.45) is 0 Å². The van der Waals surface area contributed by atoms with E-state index in [1.807, 2.05) is 12.1 Å². The van der Waals surface area contributed by atoms with E-state index in [-0.39, 0.29) is 0 Å². The molecule has 1 aliphatic heterocycles.